The van der Waals surface area contributed by atoms with Gasteiger partial charge < -0.3 is 4.74 Å². The molecular weight excluding hydrogens is 278 g/mol. The first-order chi connectivity index (χ1) is 9.51. The number of hydrogen-bond acceptors (Lipinski definition) is 4. The van der Waals surface area contributed by atoms with Crippen LogP contribution in [-0.4, -0.2) is 21.6 Å². The van der Waals surface area contributed by atoms with Crippen molar-refractivity contribution in [2.75, 3.05) is 13.2 Å². The molecule has 0 aromatic heterocycles. The van der Waals surface area contributed by atoms with E-state index < -0.39 is 10.3 Å². The molecule has 6 heteroatoms. The Balaban J connectivity index is 2.20. The van der Waals surface area contributed by atoms with Crippen LogP contribution in [-0.2, 0) is 25.8 Å². The third-order valence-corrected chi connectivity index (χ3v) is 3.06. The highest BCUT2D eigenvalue weighted by atomic mass is 32.2. The minimum Gasteiger partial charge on any atom is -0.376 e. The summed E-state index contributed by atoms with van der Waals surface area (Å²) in [7, 11) is -3.88. The van der Waals surface area contributed by atoms with E-state index in [1.807, 2.05) is 30.3 Å². The summed E-state index contributed by atoms with van der Waals surface area (Å²) in [6, 6.07) is 9.85. The molecule has 0 radical (unpaired) electrons. The third kappa shape index (κ3) is 7.89. The Bertz CT molecular complexity index is 548. The van der Waals surface area contributed by atoms with Crippen molar-refractivity contribution >= 4 is 10.3 Å². The molecule has 0 atom stereocenters. The molecule has 1 aromatic rings. The van der Waals surface area contributed by atoms with E-state index in [0.29, 0.717) is 26.1 Å². The molecule has 0 fully saturated rings. The lowest BCUT2D eigenvalue weighted by Crippen LogP contribution is -2.16. The SMILES string of the molecule is C=C=C(CCOCc1ccccc1)CCOS(N)(=O)=O. The van der Waals surface area contributed by atoms with Crippen molar-refractivity contribution in [3.8, 4) is 0 Å². The van der Waals surface area contributed by atoms with Crippen LogP contribution in [0.25, 0.3) is 0 Å². The van der Waals surface area contributed by atoms with Crippen LogP contribution in [0.4, 0.5) is 0 Å². The first-order valence-corrected chi connectivity index (χ1v) is 7.65. The van der Waals surface area contributed by atoms with E-state index in [1.54, 1.807) is 0 Å². The fourth-order valence-electron chi connectivity index (χ4n) is 1.54. The molecule has 1 rings (SSSR count). The molecule has 110 valence electrons. The Labute approximate surface area is 120 Å². The Morgan fingerprint density at radius 1 is 1.20 bits per heavy atom. The van der Waals surface area contributed by atoms with Gasteiger partial charge in [0.1, 0.15) is 0 Å². The van der Waals surface area contributed by atoms with Gasteiger partial charge in [0.25, 0.3) is 0 Å². The highest BCUT2D eigenvalue weighted by molar-refractivity contribution is 7.84. The first-order valence-electron chi connectivity index (χ1n) is 6.18. The fourth-order valence-corrected chi connectivity index (χ4v) is 1.86. The molecule has 2 N–H and O–H groups in total. The minimum atomic E-state index is -3.88. The van der Waals surface area contributed by atoms with Crippen LogP contribution in [0.1, 0.15) is 18.4 Å². The summed E-state index contributed by atoms with van der Waals surface area (Å²) in [6.07, 6.45) is 1.04. The van der Waals surface area contributed by atoms with Crippen LogP contribution < -0.4 is 5.14 Å². The zero-order valence-electron chi connectivity index (χ0n) is 11.2. The molecule has 0 spiro atoms. The highest BCUT2D eigenvalue weighted by Crippen LogP contribution is 2.08. The molecule has 5 nitrogen and oxygen atoms in total. The van der Waals surface area contributed by atoms with Gasteiger partial charge in [-0.1, -0.05) is 36.9 Å². The van der Waals surface area contributed by atoms with Gasteiger partial charge in [-0.05, 0) is 17.6 Å². The van der Waals surface area contributed by atoms with E-state index in [1.165, 1.54) is 0 Å². The van der Waals surface area contributed by atoms with Crippen molar-refractivity contribution in [3.05, 3.63) is 53.8 Å². The average molecular weight is 297 g/mol. The number of hydrogen-bond donors (Lipinski definition) is 1. The predicted molar refractivity (Wildman–Crippen MR) is 77.0 cm³/mol. The van der Waals surface area contributed by atoms with E-state index in [2.05, 4.69) is 16.5 Å². The topological polar surface area (TPSA) is 78.6 Å². The van der Waals surface area contributed by atoms with E-state index >= 15 is 0 Å². The minimum absolute atomic E-state index is 0.00459. The van der Waals surface area contributed by atoms with Crippen molar-refractivity contribution in [3.63, 3.8) is 0 Å². The van der Waals surface area contributed by atoms with Gasteiger partial charge in [0.2, 0.25) is 0 Å². The van der Waals surface area contributed by atoms with Gasteiger partial charge in [-0.15, -0.1) is 5.73 Å². The number of ether oxygens (including phenoxy) is 1. The second-order valence-corrected chi connectivity index (χ2v) is 5.35. The largest absolute Gasteiger partial charge is 0.376 e. The number of rotatable bonds is 9. The summed E-state index contributed by atoms with van der Waals surface area (Å²) < 4.78 is 31.2. The molecule has 0 saturated carbocycles. The Kier molecular flexibility index (Phi) is 7.22. The summed E-state index contributed by atoms with van der Waals surface area (Å²) in [5.74, 6) is 0. The highest BCUT2D eigenvalue weighted by Gasteiger charge is 2.04. The summed E-state index contributed by atoms with van der Waals surface area (Å²) in [5.41, 5.74) is 4.71. The Hall–Kier alpha value is -1.43. The van der Waals surface area contributed by atoms with Crippen LogP contribution in [0.2, 0.25) is 0 Å². The quantitative estimate of drug-likeness (QED) is 0.558. The van der Waals surface area contributed by atoms with Crippen molar-refractivity contribution in [1.82, 2.24) is 0 Å². The first kappa shape index (κ1) is 16.6. The van der Waals surface area contributed by atoms with Crippen LogP contribution in [0.3, 0.4) is 0 Å². The molecule has 0 unspecified atom stereocenters. The zero-order valence-corrected chi connectivity index (χ0v) is 12.1. The standard InChI is InChI=1S/C14H19NO4S/c1-2-13(9-11-19-20(15,16)17)8-10-18-12-14-6-4-3-5-7-14/h3-7H,1,8-12H2,(H2,15,16,17). The molecule has 0 aliphatic carbocycles. The van der Waals surface area contributed by atoms with Crippen molar-refractivity contribution in [2.45, 2.75) is 19.4 Å². The van der Waals surface area contributed by atoms with Crippen molar-refractivity contribution in [2.24, 2.45) is 5.14 Å². The van der Waals surface area contributed by atoms with Gasteiger partial charge in [-0.25, -0.2) is 5.14 Å². The second kappa shape index (κ2) is 8.68. The summed E-state index contributed by atoms with van der Waals surface area (Å²) in [6.45, 7) is 4.61. The third-order valence-electron chi connectivity index (χ3n) is 2.56. The normalized spacial score (nSPS) is 11.1. The predicted octanol–water partition coefficient (Wildman–Crippen LogP) is 1.91. The van der Waals surface area contributed by atoms with E-state index in [9.17, 15) is 8.42 Å². The Morgan fingerprint density at radius 3 is 2.45 bits per heavy atom. The molecular formula is C14H19NO4S. The number of nitrogens with two attached hydrogens (primary N) is 1. The average Bonchev–Trinajstić information content (AvgIpc) is 2.41. The number of benzene rings is 1. The Morgan fingerprint density at radius 2 is 1.85 bits per heavy atom. The molecule has 1 aromatic carbocycles. The van der Waals surface area contributed by atoms with E-state index in [-0.39, 0.29) is 6.61 Å². The molecule has 0 aliphatic heterocycles. The van der Waals surface area contributed by atoms with Gasteiger partial charge in [0.05, 0.1) is 19.8 Å². The summed E-state index contributed by atoms with van der Waals surface area (Å²) >= 11 is 0. The second-order valence-electron chi connectivity index (χ2n) is 4.13. The maximum atomic E-state index is 10.6. The van der Waals surface area contributed by atoms with Crippen LogP contribution in [0.15, 0.2) is 48.2 Å². The van der Waals surface area contributed by atoms with Crippen molar-refractivity contribution in [1.29, 1.82) is 0 Å². The van der Waals surface area contributed by atoms with Gasteiger partial charge in [-0.2, -0.15) is 8.42 Å². The van der Waals surface area contributed by atoms with E-state index in [0.717, 1.165) is 11.1 Å². The van der Waals surface area contributed by atoms with Crippen LogP contribution >= 0.6 is 0 Å². The lowest BCUT2D eigenvalue weighted by Gasteiger charge is -2.06. The smallest absolute Gasteiger partial charge is 0.333 e. The maximum Gasteiger partial charge on any atom is 0.333 e. The molecule has 0 amide bonds. The van der Waals surface area contributed by atoms with Crippen molar-refractivity contribution < 1.29 is 17.3 Å². The summed E-state index contributed by atoms with van der Waals surface area (Å²) in [5, 5.41) is 4.73. The lowest BCUT2D eigenvalue weighted by atomic mass is 10.1. The molecule has 0 aliphatic rings. The molecule has 0 heterocycles. The monoisotopic (exact) mass is 297 g/mol. The van der Waals surface area contributed by atoms with Gasteiger partial charge in [0.15, 0.2) is 0 Å². The van der Waals surface area contributed by atoms with Crippen LogP contribution in [0.5, 0.6) is 0 Å². The molecule has 0 saturated heterocycles. The van der Waals surface area contributed by atoms with Gasteiger partial charge >= 0.3 is 10.3 Å². The van der Waals surface area contributed by atoms with Crippen LogP contribution in [0, 0.1) is 0 Å². The van der Waals surface area contributed by atoms with Gasteiger partial charge in [-0.3, -0.25) is 4.18 Å². The fraction of sp³-hybridized carbons (Fsp3) is 0.357. The molecule has 20 heavy (non-hydrogen) atoms. The molecule has 0 bridgehead atoms. The maximum absolute atomic E-state index is 10.6. The van der Waals surface area contributed by atoms with E-state index in [4.69, 9.17) is 9.88 Å². The van der Waals surface area contributed by atoms with Gasteiger partial charge in [0, 0.05) is 6.42 Å². The lowest BCUT2D eigenvalue weighted by molar-refractivity contribution is 0.123. The zero-order chi connectivity index (χ0) is 14.8. The summed E-state index contributed by atoms with van der Waals surface area (Å²) in [4.78, 5) is 0.